The normalized spacial score (nSPS) is 10.8. The Morgan fingerprint density at radius 1 is 1.08 bits per heavy atom. The summed E-state index contributed by atoms with van der Waals surface area (Å²) in [6.45, 7) is 1.18. The van der Waals surface area contributed by atoms with Crippen LogP contribution in [-0.2, 0) is 0 Å². The van der Waals surface area contributed by atoms with Gasteiger partial charge in [-0.25, -0.2) is 8.78 Å². The lowest BCUT2D eigenvalue weighted by Crippen LogP contribution is -2.19. The third kappa shape index (κ3) is 2.76. The molecule has 0 aliphatic rings. The third-order valence-electron chi connectivity index (χ3n) is 3.52. The first kappa shape index (κ1) is 16.1. The molecule has 0 spiro atoms. The Balaban J connectivity index is 2.28. The highest BCUT2D eigenvalue weighted by atomic mass is 35.5. The summed E-state index contributed by atoms with van der Waals surface area (Å²) in [5.74, 6) is -2.27. The number of pyridine rings is 1. The van der Waals surface area contributed by atoms with E-state index in [0.717, 1.165) is 12.1 Å². The number of nitrogens with one attached hydrogen (secondary N) is 2. The van der Waals surface area contributed by atoms with E-state index in [0.29, 0.717) is 10.7 Å². The second-order valence-corrected chi connectivity index (χ2v) is 5.61. The van der Waals surface area contributed by atoms with Gasteiger partial charge in [-0.2, -0.15) is 0 Å². The number of anilines is 2. The van der Waals surface area contributed by atoms with E-state index in [1.165, 1.54) is 6.92 Å². The summed E-state index contributed by atoms with van der Waals surface area (Å²) in [4.78, 5) is 27.0. The summed E-state index contributed by atoms with van der Waals surface area (Å²) >= 11 is 5.81. The zero-order chi connectivity index (χ0) is 17.4. The molecule has 3 aromatic rings. The molecule has 0 fully saturated rings. The number of carbonyl (C=O) groups is 1. The molecule has 2 N–H and O–H groups in total. The van der Waals surface area contributed by atoms with Gasteiger partial charge in [0, 0.05) is 10.7 Å². The van der Waals surface area contributed by atoms with Gasteiger partial charge in [-0.05, 0) is 43.3 Å². The number of fused-ring (bicyclic) bond motifs is 1. The van der Waals surface area contributed by atoms with Gasteiger partial charge in [-0.3, -0.25) is 9.59 Å². The Hall–Kier alpha value is -2.73. The molecule has 0 unspecified atom stereocenters. The Morgan fingerprint density at radius 2 is 1.71 bits per heavy atom. The summed E-state index contributed by atoms with van der Waals surface area (Å²) in [6, 6.07) is 8.22. The molecule has 0 saturated heterocycles. The van der Waals surface area contributed by atoms with Crippen molar-refractivity contribution in [2.75, 3.05) is 5.32 Å². The number of halogens is 3. The molecule has 24 heavy (non-hydrogen) atoms. The number of benzene rings is 2. The molecular weight excluding hydrogens is 338 g/mol. The summed E-state index contributed by atoms with van der Waals surface area (Å²) in [6.07, 6.45) is 0. The molecule has 0 saturated carbocycles. The van der Waals surface area contributed by atoms with Crippen LogP contribution in [0.25, 0.3) is 10.9 Å². The van der Waals surface area contributed by atoms with E-state index in [4.69, 9.17) is 11.6 Å². The molecule has 0 radical (unpaired) electrons. The van der Waals surface area contributed by atoms with Gasteiger partial charge >= 0.3 is 0 Å². The summed E-state index contributed by atoms with van der Waals surface area (Å²) < 4.78 is 27.9. The molecule has 4 nitrogen and oxygen atoms in total. The van der Waals surface area contributed by atoms with E-state index in [2.05, 4.69) is 10.3 Å². The molecule has 0 bridgehead atoms. The first-order valence-electron chi connectivity index (χ1n) is 6.96. The van der Waals surface area contributed by atoms with Gasteiger partial charge in [0.15, 0.2) is 5.78 Å². The van der Waals surface area contributed by atoms with Crippen molar-refractivity contribution in [3.8, 4) is 0 Å². The van der Waals surface area contributed by atoms with Crippen molar-refractivity contribution < 1.29 is 13.6 Å². The van der Waals surface area contributed by atoms with Crippen molar-refractivity contribution in [2.24, 2.45) is 0 Å². The van der Waals surface area contributed by atoms with E-state index in [1.54, 1.807) is 24.3 Å². The van der Waals surface area contributed by atoms with Gasteiger partial charge in [0.05, 0.1) is 10.9 Å². The van der Waals surface area contributed by atoms with E-state index in [1.807, 2.05) is 0 Å². The van der Waals surface area contributed by atoms with Crippen LogP contribution in [-0.4, -0.2) is 10.8 Å². The predicted molar refractivity (Wildman–Crippen MR) is 89.2 cm³/mol. The number of Topliss-reactive ketones (excluding diaryl/α,β-unsaturated/α-hetero) is 1. The molecule has 1 heterocycles. The second kappa shape index (κ2) is 6.05. The lowest BCUT2D eigenvalue weighted by Gasteiger charge is -2.12. The van der Waals surface area contributed by atoms with Crippen LogP contribution in [0.4, 0.5) is 20.3 Å². The number of aromatic nitrogens is 1. The maximum absolute atomic E-state index is 14.0. The number of rotatable bonds is 3. The van der Waals surface area contributed by atoms with E-state index >= 15 is 0 Å². The smallest absolute Gasteiger partial charge is 0.205 e. The fourth-order valence-corrected chi connectivity index (χ4v) is 2.56. The summed E-state index contributed by atoms with van der Waals surface area (Å²) in [5, 5.41) is 2.86. The van der Waals surface area contributed by atoms with Gasteiger partial charge in [0.1, 0.15) is 23.0 Å². The van der Waals surface area contributed by atoms with E-state index < -0.39 is 28.2 Å². The maximum atomic E-state index is 14.0. The standard InChI is InChI=1S/C17H11ClF2N2O2/c1-8(23)13-16(24)14-11(19)6-7-12(20)15(14)22-17(13)21-10-4-2-9(18)3-5-10/h2-7H,1H3,(H2,21,22,24). The van der Waals surface area contributed by atoms with Crippen LogP contribution in [0, 0.1) is 11.6 Å². The van der Waals surface area contributed by atoms with Crippen molar-refractivity contribution in [1.82, 2.24) is 4.98 Å². The second-order valence-electron chi connectivity index (χ2n) is 5.17. The molecule has 122 valence electrons. The minimum absolute atomic E-state index is 0.00757. The van der Waals surface area contributed by atoms with Crippen molar-refractivity contribution in [1.29, 1.82) is 0 Å². The quantitative estimate of drug-likeness (QED) is 0.689. The SMILES string of the molecule is CC(=O)c1c(Nc2ccc(Cl)cc2)[nH]c2c(F)ccc(F)c2c1=O. The van der Waals surface area contributed by atoms with Gasteiger partial charge < -0.3 is 10.3 Å². The minimum Gasteiger partial charge on any atom is -0.341 e. The van der Waals surface area contributed by atoms with Gasteiger partial charge in [-0.15, -0.1) is 0 Å². The summed E-state index contributed by atoms with van der Waals surface area (Å²) in [7, 11) is 0. The molecule has 7 heteroatoms. The Morgan fingerprint density at radius 3 is 2.33 bits per heavy atom. The molecule has 0 amide bonds. The van der Waals surface area contributed by atoms with E-state index in [-0.39, 0.29) is 16.9 Å². The summed E-state index contributed by atoms with van der Waals surface area (Å²) in [5.41, 5.74) is -0.929. The van der Waals surface area contributed by atoms with E-state index in [9.17, 15) is 18.4 Å². The highest BCUT2D eigenvalue weighted by Crippen LogP contribution is 2.24. The largest absolute Gasteiger partial charge is 0.341 e. The van der Waals surface area contributed by atoms with Gasteiger partial charge in [0.2, 0.25) is 5.43 Å². The molecule has 3 rings (SSSR count). The zero-order valence-electron chi connectivity index (χ0n) is 12.4. The van der Waals surface area contributed by atoms with Crippen LogP contribution in [0.15, 0.2) is 41.2 Å². The lowest BCUT2D eigenvalue weighted by atomic mass is 10.1. The highest BCUT2D eigenvalue weighted by Gasteiger charge is 2.20. The molecule has 0 atom stereocenters. The van der Waals surface area contributed by atoms with Crippen LogP contribution in [0.5, 0.6) is 0 Å². The molecule has 1 aromatic heterocycles. The Labute approximate surface area is 140 Å². The van der Waals surface area contributed by atoms with Crippen LogP contribution >= 0.6 is 11.6 Å². The monoisotopic (exact) mass is 348 g/mol. The van der Waals surface area contributed by atoms with Gasteiger partial charge in [-0.1, -0.05) is 11.6 Å². The molecule has 0 aliphatic carbocycles. The van der Waals surface area contributed by atoms with Crippen molar-refractivity contribution in [3.63, 3.8) is 0 Å². The minimum atomic E-state index is -0.895. The highest BCUT2D eigenvalue weighted by molar-refractivity contribution is 6.30. The average Bonchev–Trinajstić information content (AvgIpc) is 2.52. The number of ketones is 1. The number of aromatic amines is 1. The van der Waals surface area contributed by atoms with Gasteiger partial charge in [0.25, 0.3) is 0 Å². The first-order chi connectivity index (χ1) is 11.4. The number of H-pyrrole nitrogens is 1. The maximum Gasteiger partial charge on any atom is 0.205 e. The molecule has 0 aliphatic heterocycles. The van der Waals surface area contributed by atoms with Crippen LogP contribution in [0.1, 0.15) is 17.3 Å². The Bertz CT molecular complexity index is 1010. The van der Waals surface area contributed by atoms with Crippen molar-refractivity contribution in [3.05, 3.63) is 68.8 Å². The zero-order valence-corrected chi connectivity index (χ0v) is 13.2. The topological polar surface area (TPSA) is 62.0 Å². The first-order valence-corrected chi connectivity index (χ1v) is 7.34. The van der Waals surface area contributed by atoms with Crippen LogP contribution in [0.2, 0.25) is 5.02 Å². The fraction of sp³-hybridized carbons (Fsp3) is 0.0588. The Kier molecular flexibility index (Phi) is 4.07. The third-order valence-corrected chi connectivity index (χ3v) is 3.78. The van der Waals surface area contributed by atoms with Crippen LogP contribution < -0.4 is 10.7 Å². The average molecular weight is 349 g/mol. The van der Waals surface area contributed by atoms with Crippen molar-refractivity contribution in [2.45, 2.75) is 6.92 Å². The lowest BCUT2D eigenvalue weighted by molar-refractivity contribution is 0.101. The number of hydrogen-bond acceptors (Lipinski definition) is 3. The predicted octanol–water partition coefficient (Wildman–Crippen LogP) is 4.41. The number of hydrogen-bond donors (Lipinski definition) is 2. The number of carbonyl (C=O) groups excluding carboxylic acids is 1. The molecular formula is C17H11ClF2N2O2. The molecule has 2 aromatic carbocycles. The van der Waals surface area contributed by atoms with Crippen LogP contribution in [0.3, 0.4) is 0 Å². The fourth-order valence-electron chi connectivity index (χ4n) is 2.43. The van der Waals surface area contributed by atoms with Crippen molar-refractivity contribution >= 4 is 39.8 Å².